The number of hydrogen-bond donors (Lipinski definition) is 2. The van der Waals surface area contributed by atoms with Crippen molar-refractivity contribution < 1.29 is 5.11 Å². The van der Waals surface area contributed by atoms with Gasteiger partial charge in [-0.1, -0.05) is 6.92 Å². The second-order valence-corrected chi connectivity index (χ2v) is 3.54. The highest BCUT2D eigenvalue weighted by Gasteiger charge is 2.01. The topological polar surface area (TPSA) is 68.9 Å². The summed E-state index contributed by atoms with van der Waals surface area (Å²) in [5.41, 5.74) is 1.31. The molecule has 1 unspecified atom stereocenters. The quantitative estimate of drug-likeness (QED) is 0.762. The van der Waals surface area contributed by atoms with Crippen LogP contribution in [-0.2, 0) is 0 Å². The molecule has 4 heteroatoms. The lowest BCUT2D eigenvalue weighted by Crippen LogP contribution is -2.12. The van der Waals surface area contributed by atoms with Gasteiger partial charge in [0.1, 0.15) is 11.8 Å². The fourth-order valence-electron chi connectivity index (χ4n) is 1.22. The molecule has 15 heavy (non-hydrogen) atoms. The van der Waals surface area contributed by atoms with Gasteiger partial charge in [0.15, 0.2) is 0 Å². The minimum absolute atomic E-state index is 0.211. The van der Waals surface area contributed by atoms with E-state index in [1.165, 1.54) is 0 Å². The van der Waals surface area contributed by atoms with Gasteiger partial charge in [0.2, 0.25) is 0 Å². The zero-order valence-electron chi connectivity index (χ0n) is 8.77. The molecule has 0 radical (unpaired) electrons. The molecule has 1 rings (SSSR count). The Kier molecular flexibility index (Phi) is 4.58. The second kappa shape index (κ2) is 5.99. The molecule has 0 aliphatic carbocycles. The summed E-state index contributed by atoms with van der Waals surface area (Å²) in [5.74, 6) is 0.411. The Hall–Kier alpha value is -1.60. The Labute approximate surface area is 89.6 Å². The third-order valence-electron chi connectivity index (χ3n) is 2.15. The van der Waals surface area contributed by atoms with E-state index in [4.69, 9.17) is 10.4 Å². The molecule has 0 amide bonds. The van der Waals surface area contributed by atoms with Crippen LogP contribution in [0.3, 0.4) is 0 Å². The van der Waals surface area contributed by atoms with Crippen molar-refractivity contribution in [1.82, 2.24) is 4.98 Å². The highest BCUT2D eigenvalue weighted by Crippen LogP contribution is 2.09. The molecule has 80 valence electrons. The SMILES string of the molecule is CC(CCO)CNc1ccnc(C#N)c1. The van der Waals surface area contributed by atoms with Gasteiger partial charge in [-0.2, -0.15) is 5.26 Å². The summed E-state index contributed by atoms with van der Waals surface area (Å²) in [5, 5.41) is 20.6. The zero-order chi connectivity index (χ0) is 11.1. The van der Waals surface area contributed by atoms with Gasteiger partial charge in [-0.3, -0.25) is 0 Å². The number of anilines is 1. The maximum Gasteiger partial charge on any atom is 0.142 e. The van der Waals surface area contributed by atoms with E-state index in [1.54, 1.807) is 12.3 Å². The maximum absolute atomic E-state index is 8.74. The summed E-state index contributed by atoms with van der Waals surface area (Å²) < 4.78 is 0. The standard InChI is InChI=1S/C11H15N3O/c1-9(3-5-15)8-14-10-2-4-13-11(6-10)7-12/h2,4,6,9,15H,3,5,8H2,1H3,(H,13,14). The summed E-state index contributed by atoms with van der Waals surface area (Å²) >= 11 is 0. The molecule has 0 aromatic carbocycles. The van der Waals surface area contributed by atoms with Crippen molar-refractivity contribution >= 4 is 5.69 Å². The molecule has 1 heterocycles. The van der Waals surface area contributed by atoms with Crippen LogP contribution in [0.15, 0.2) is 18.3 Å². The van der Waals surface area contributed by atoms with Crippen LogP contribution in [0.4, 0.5) is 5.69 Å². The first-order valence-electron chi connectivity index (χ1n) is 4.97. The van der Waals surface area contributed by atoms with E-state index < -0.39 is 0 Å². The fourth-order valence-corrected chi connectivity index (χ4v) is 1.22. The highest BCUT2D eigenvalue weighted by atomic mass is 16.3. The summed E-state index contributed by atoms with van der Waals surface area (Å²) in [6, 6.07) is 5.53. The minimum Gasteiger partial charge on any atom is -0.396 e. The van der Waals surface area contributed by atoms with Gasteiger partial charge in [-0.25, -0.2) is 4.98 Å². The fraction of sp³-hybridized carbons (Fsp3) is 0.455. The first kappa shape index (κ1) is 11.5. The lowest BCUT2D eigenvalue weighted by Gasteiger charge is -2.11. The average molecular weight is 205 g/mol. The van der Waals surface area contributed by atoms with Crippen LogP contribution in [0, 0.1) is 17.2 Å². The van der Waals surface area contributed by atoms with Crippen LogP contribution in [0.2, 0.25) is 0 Å². The number of aromatic nitrogens is 1. The van der Waals surface area contributed by atoms with E-state index in [9.17, 15) is 0 Å². The number of pyridine rings is 1. The molecule has 1 atom stereocenters. The van der Waals surface area contributed by atoms with Crippen molar-refractivity contribution in [3.05, 3.63) is 24.0 Å². The van der Waals surface area contributed by atoms with E-state index in [-0.39, 0.29) is 6.61 Å². The molecule has 0 aliphatic rings. The van der Waals surface area contributed by atoms with Gasteiger partial charge >= 0.3 is 0 Å². The Morgan fingerprint density at radius 1 is 1.67 bits per heavy atom. The monoisotopic (exact) mass is 205 g/mol. The second-order valence-electron chi connectivity index (χ2n) is 3.54. The van der Waals surface area contributed by atoms with E-state index in [0.29, 0.717) is 11.6 Å². The van der Waals surface area contributed by atoms with Gasteiger partial charge in [0.25, 0.3) is 0 Å². The molecular weight excluding hydrogens is 190 g/mol. The van der Waals surface area contributed by atoms with E-state index in [2.05, 4.69) is 17.2 Å². The lowest BCUT2D eigenvalue weighted by molar-refractivity contribution is 0.266. The number of aliphatic hydroxyl groups excluding tert-OH is 1. The van der Waals surface area contributed by atoms with Crippen LogP contribution in [0.1, 0.15) is 19.0 Å². The van der Waals surface area contributed by atoms with Gasteiger partial charge < -0.3 is 10.4 Å². The summed E-state index contributed by atoms with van der Waals surface area (Å²) in [4.78, 5) is 3.88. The molecule has 1 aromatic heterocycles. The minimum atomic E-state index is 0.211. The molecule has 0 aliphatic heterocycles. The number of aliphatic hydroxyl groups is 1. The third kappa shape index (κ3) is 3.96. The molecule has 2 N–H and O–H groups in total. The van der Waals surface area contributed by atoms with Crippen LogP contribution < -0.4 is 5.32 Å². The van der Waals surface area contributed by atoms with Gasteiger partial charge in [0.05, 0.1) is 0 Å². The van der Waals surface area contributed by atoms with Crippen molar-refractivity contribution in [1.29, 1.82) is 5.26 Å². The van der Waals surface area contributed by atoms with Crippen molar-refractivity contribution in [3.8, 4) is 6.07 Å². The number of nitrogens with zero attached hydrogens (tertiary/aromatic N) is 2. The smallest absolute Gasteiger partial charge is 0.142 e. The van der Waals surface area contributed by atoms with Crippen molar-refractivity contribution in [2.45, 2.75) is 13.3 Å². The van der Waals surface area contributed by atoms with Crippen LogP contribution in [-0.4, -0.2) is 23.2 Å². The average Bonchev–Trinajstić information content (AvgIpc) is 2.27. The van der Waals surface area contributed by atoms with Gasteiger partial charge in [0, 0.05) is 25.0 Å². The largest absolute Gasteiger partial charge is 0.396 e. The number of rotatable bonds is 5. The summed E-state index contributed by atoms with van der Waals surface area (Å²) in [7, 11) is 0. The molecule has 0 saturated heterocycles. The maximum atomic E-state index is 8.74. The summed E-state index contributed by atoms with van der Waals surface area (Å²) in [6.45, 7) is 3.06. The molecule has 1 aromatic rings. The zero-order valence-corrected chi connectivity index (χ0v) is 8.77. The van der Waals surface area contributed by atoms with Crippen molar-refractivity contribution in [2.75, 3.05) is 18.5 Å². The predicted molar refractivity (Wildman–Crippen MR) is 58.3 cm³/mol. The Morgan fingerprint density at radius 2 is 2.47 bits per heavy atom. The molecule has 4 nitrogen and oxygen atoms in total. The van der Waals surface area contributed by atoms with Crippen LogP contribution >= 0.6 is 0 Å². The van der Waals surface area contributed by atoms with E-state index in [1.807, 2.05) is 12.1 Å². The molecule has 0 spiro atoms. The number of hydrogen-bond acceptors (Lipinski definition) is 4. The summed E-state index contributed by atoms with van der Waals surface area (Å²) in [6.07, 6.45) is 2.39. The lowest BCUT2D eigenvalue weighted by atomic mass is 10.1. The van der Waals surface area contributed by atoms with Crippen molar-refractivity contribution in [3.63, 3.8) is 0 Å². The van der Waals surface area contributed by atoms with Gasteiger partial charge in [-0.15, -0.1) is 0 Å². The number of nitriles is 1. The van der Waals surface area contributed by atoms with E-state index >= 15 is 0 Å². The van der Waals surface area contributed by atoms with Crippen molar-refractivity contribution in [2.24, 2.45) is 5.92 Å². The first-order valence-corrected chi connectivity index (χ1v) is 4.97. The Balaban J connectivity index is 2.47. The number of nitrogens with one attached hydrogen (secondary N) is 1. The van der Waals surface area contributed by atoms with Crippen LogP contribution in [0.5, 0.6) is 0 Å². The predicted octanol–water partition coefficient (Wildman–Crippen LogP) is 1.38. The molecular formula is C11H15N3O. The molecule has 0 fully saturated rings. The molecule has 0 saturated carbocycles. The van der Waals surface area contributed by atoms with Crippen LogP contribution in [0.25, 0.3) is 0 Å². The Bertz CT molecular complexity index is 346. The Morgan fingerprint density at radius 3 is 3.13 bits per heavy atom. The normalized spacial score (nSPS) is 11.8. The first-order chi connectivity index (χ1) is 7.26. The van der Waals surface area contributed by atoms with E-state index in [0.717, 1.165) is 18.7 Å². The van der Waals surface area contributed by atoms with Gasteiger partial charge in [-0.05, 0) is 24.5 Å². The highest BCUT2D eigenvalue weighted by molar-refractivity contribution is 5.45. The third-order valence-corrected chi connectivity index (χ3v) is 2.15. The molecule has 0 bridgehead atoms.